The molecule has 1 rings (SSSR count). The molecule has 0 aromatic carbocycles. The molecule has 2 N–H and O–H groups in total. The van der Waals surface area contributed by atoms with E-state index in [4.69, 9.17) is 9.79 Å². The van der Waals surface area contributed by atoms with E-state index in [1.54, 1.807) is 0 Å². The molecule has 7 heteroatoms. The van der Waals surface area contributed by atoms with Crippen LogP contribution in [0.5, 0.6) is 0 Å². The highest BCUT2D eigenvalue weighted by Crippen LogP contribution is 2.29. The molecule has 0 fully saturated rings. The van der Waals surface area contributed by atoms with Crippen LogP contribution >= 0.6 is 7.60 Å². The summed E-state index contributed by atoms with van der Waals surface area (Å²) in [7, 11) is -4.28. The van der Waals surface area contributed by atoms with Crippen LogP contribution in [0, 0.1) is 0 Å². The van der Waals surface area contributed by atoms with Crippen LogP contribution in [-0.4, -0.2) is 24.7 Å². The maximum atomic E-state index is 10.4. The van der Waals surface area contributed by atoms with Gasteiger partial charge in [0.15, 0.2) is 0 Å². The molecule has 6 nitrogen and oxygen atoms in total. The first-order valence-corrected chi connectivity index (χ1v) is 3.90. The Labute approximate surface area is 56.1 Å². The van der Waals surface area contributed by atoms with Gasteiger partial charge in [-0.3, -0.25) is 4.57 Å². The lowest BCUT2D eigenvalue weighted by molar-refractivity contribution is 0.385. The molecule has 0 aliphatic rings. The molecule has 0 saturated carbocycles. The lowest BCUT2D eigenvalue weighted by Crippen LogP contribution is -2.12. The number of hydrogen-bond acceptors (Lipinski definition) is 4. The van der Waals surface area contributed by atoms with E-state index in [-0.39, 0.29) is 0 Å². The van der Waals surface area contributed by atoms with Gasteiger partial charge in [-0.05, 0) is 0 Å². The summed E-state index contributed by atoms with van der Waals surface area (Å²) >= 11 is 0. The van der Waals surface area contributed by atoms with Crippen molar-refractivity contribution in [3.05, 3.63) is 12.7 Å². The van der Waals surface area contributed by atoms with E-state index in [1.165, 1.54) is 0 Å². The number of hydrogen-bond donors (Lipinski definition) is 2. The minimum atomic E-state index is -4.28. The summed E-state index contributed by atoms with van der Waals surface area (Å²) < 4.78 is 10.4. The van der Waals surface area contributed by atoms with Gasteiger partial charge in [-0.1, -0.05) is 0 Å². The number of rotatable bonds is 1. The lowest BCUT2D eigenvalue weighted by atomic mass is 11.1. The maximum absolute atomic E-state index is 10.4. The largest absolute Gasteiger partial charge is 0.393 e. The minimum absolute atomic E-state index is 0.498. The first-order chi connectivity index (χ1) is 4.61. The fourth-order valence-corrected chi connectivity index (χ4v) is 0.788. The summed E-state index contributed by atoms with van der Waals surface area (Å²) in [6, 6.07) is 0. The van der Waals surface area contributed by atoms with Crippen molar-refractivity contribution in [1.82, 2.24) is 15.0 Å². The van der Waals surface area contributed by atoms with E-state index in [2.05, 4.69) is 15.0 Å². The van der Waals surface area contributed by atoms with Crippen molar-refractivity contribution in [2.75, 3.05) is 0 Å². The number of aromatic nitrogens is 3. The smallest absolute Gasteiger partial charge is 0.319 e. The predicted molar refractivity (Wildman–Crippen MR) is 31.5 cm³/mol. The summed E-state index contributed by atoms with van der Waals surface area (Å²) in [5.41, 5.74) is -0.498. The predicted octanol–water partition coefficient (Wildman–Crippen LogP) is -1.33. The van der Waals surface area contributed by atoms with Gasteiger partial charge in [0, 0.05) is 0 Å². The molecule has 0 saturated heterocycles. The molecule has 0 atom stereocenters. The van der Waals surface area contributed by atoms with Crippen LogP contribution in [0.15, 0.2) is 12.7 Å². The van der Waals surface area contributed by atoms with Crippen molar-refractivity contribution < 1.29 is 14.4 Å². The van der Waals surface area contributed by atoms with Crippen LogP contribution in [0.1, 0.15) is 0 Å². The molecular formula is C3H4N3O3P. The van der Waals surface area contributed by atoms with Gasteiger partial charge in [0.25, 0.3) is 0 Å². The van der Waals surface area contributed by atoms with Gasteiger partial charge in [0.05, 0.1) is 0 Å². The summed E-state index contributed by atoms with van der Waals surface area (Å²) in [5, 5.41) is 0. The third-order valence-electron chi connectivity index (χ3n) is 0.740. The third kappa shape index (κ3) is 1.57. The highest BCUT2D eigenvalue weighted by molar-refractivity contribution is 7.59. The average molecular weight is 161 g/mol. The highest BCUT2D eigenvalue weighted by Gasteiger charge is 2.19. The SMILES string of the molecule is O=P(O)(O)c1ncncn1. The van der Waals surface area contributed by atoms with Crippen LogP contribution in [0.3, 0.4) is 0 Å². The van der Waals surface area contributed by atoms with Crippen LogP contribution in [-0.2, 0) is 4.57 Å². The van der Waals surface area contributed by atoms with Crippen LogP contribution in [0.4, 0.5) is 0 Å². The van der Waals surface area contributed by atoms with E-state index in [1.807, 2.05) is 0 Å². The molecule has 0 amide bonds. The van der Waals surface area contributed by atoms with Crippen molar-refractivity contribution in [1.29, 1.82) is 0 Å². The minimum Gasteiger partial charge on any atom is -0.319 e. The summed E-state index contributed by atoms with van der Waals surface area (Å²) in [4.78, 5) is 26.8. The Bertz CT molecular complexity index is 257. The van der Waals surface area contributed by atoms with Crippen LogP contribution in [0.25, 0.3) is 0 Å². The van der Waals surface area contributed by atoms with Gasteiger partial charge in [0.2, 0.25) is 5.57 Å². The van der Waals surface area contributed by atoms with Gasteiger partial charge in [0.1, 0.15) is 12.7 Å². The van der Waals surface area contributed by atoms with Gasteiger partial charge in [-0.15, -0.1) is 0 Å². The van der Waals surface area contributed by atoms with Crippen molar-refractivity contribution in [2.45, 2.75) is 0 Å². The fourth-order valence-electron chi connectivity index (χ4n) is 0.384. The number of nitrogens with zero attached hydrogens (tertiary/aromatic N) is 3. The second kappa shape index (κ2) is 2.42. The quantitative estimate of drug-likeness (QED) is 0.495. The molecular weight excluding hydrogens is 157 g/mol. The van der Waals surface area contributed by atoms with Gasteiger partial charge in [-0.25, -0.2) is 15.0 Å². The average Bonchev–Trinajstić information content (AvgIpc) is 1.88. The Morgan fingerprint density at radius 3 is 2.10 bits per heavy atom. The molecule has 1 aromatic heterocycles. The Morgan fingerprint density at radius 2 is 1.80 bits per heavy atom. The molecule has 1 aromatic rings. The lowest BCUT2D eigenvalue weighted by Gasteiger charge is -1.97. The highest BCUT2D eigenvalue weighted by atomic mass is 31.2. The standard InChI is InChI=1S/C3H4N3O3P/c7-10(8,9)3-5-1-4-2-6-3/h1-2H,(H2,7,8,9). The first kappa shape index (κ1) is 7.27. The zero-order chi connectivity index (χ0) is 7.61. The van der Waals surface area contributed by atoms with E-state index >= 15 is 0 Å². The normalized spacial score (nSPS) is 11.4. The van der Waals surface area contributed by atoms with Crippen molar-refractivity contribution >= 4 is 13.2 Å². The molecule has 0 radical (unpaired) electrons. The Hall–Kier alpha value is -0.840. The molecule has 0 bridgehead atoms. The second-order valence-electron chi connectivity index (χ2n) is 1.48. The Balaban J connectivity index is 3.09. The Morgan fingerprint density at radius 1 is 1.30 bits per heavy atom. The van der Waals surface area contributed by atoms with E-state index in [9.17, 15) is 4.57 Å². The molecule has 10 heavy (non-hydrogen) atoms. The van der Waals surface area contributed by atoms with Crippen molar-refractivity contribution in [3.63, 3.8) is 0 Å². The maximum Gasteiger partial charge on any atom is 0.393 e. The Kier molecular flexibility index (Phi) is 1.76. The van der Waals surface area contributed by atoms with E-state index in [0.717, 1.165) is 12.7 Å². The molecule has 1 heterocycles. The van der Waals surface area contributed by atoms with Crippen molar-refractivity contribution in [2.24, 2.45) is 0 Å². The summed E-state index contributed by atoms with van der Waals surface area (Å²) in [6.45, 7) is 0. The van der Waals surface area contributed by atoms with E-state index < -0.39 is 13.2 Å². The zero-order valence-corrected chi connectivity index (χ0v) is 5.64. The van der Waals surface area contributed by atoms with E-state index in [0.29, 0.717) is 0 Å². The second-order valence-corrected chi connectivity index (χ2v) is 2.97. The van der Waals surface area contributed by atoms with Crippen LogP contribution in [0.2, 0.25) is 0 Å². The molecule has 0 aliphatic heterocycles. The van der Waals surface area contributed by atoms with Gasteiger partial charge >= 0.3 is 7.60 Å². The summed E-state index contributed by atoms with van der Waals surface area (Å²) in [5.74, 6) is 0. The van der Waals surface area contributed by atoms with Gasteiger partial charge < -0.3 is 9.79 Å². The summed E-state index contributed by atoms with van der Waals surface area (Å²) in [6.07, 6.45) is 2.06. The van der Waals surface area contributed by atoms with Gasteiger partial charge in [-0.2, -0.15) is 0 Å². The fraction of sp³-hybridized carbons (Fsp3) is 0. The monoisotopic (exact) mass is 161 g/mol. The van der Waals surface area contributed by atoms with Crippen LogP contribution < -0.4 is 5.57 Å². The molecule has 54 valence electrons. The molecule has 0 unspecified atom stereocenters. The third-order valence-corrected chi connectivity index (χ3v) is 1.49. The van der Waals surface area contributed by atoms with Crippen molar-refractivity contribution in [3.8, 4) is 0 Å². The topological polar surface area (TPSA) is 96.2 Å². The first-order valence-electron chi connectivity index (χ1n) is 2.29. The molecule has 0 spiro atoms. The molecule has 0 aliphatic carbocycles. The zero-order valence-electron chi connectivity index (χ0n) is 4.75.